The van der Waals surface area contributed by atoms with Crippen molar-refractivity contribution in [1.82, 2.24) is 10.2 Å². The summed E-state index contributed by atoms with van der Waals surface area (Å²) in [5, 5.41) is 3.41. The molecule has 1 saturated heterocycles. The molecule has 0 radical (unpaired) electrons. The molecule has 0 aromatic carbocycles. The Morgan fingerprint density at radius 2 is 1.86 bits per heavy atom. The number of nitrogens with one attached hydrogen (secondary N) is 1. The van der Waals surface area contributed by atoms with E-state index in [1.54, 1.807) is 0 Å². The largest absolute Gasteiger partial charge is 0.329 e. The lowest BCUT2D eigenvalue weighted by Gasteiger charge is -2.37. The van der Waals surface area contributed by atoms with Crippen LogP contribution in [0, 0.1) is 5.92 Å². The summed E-state index contributed by atoms with van der Waals surface area (Å²) in [6.45, 7) is 9.86. The third-order valence-corrected chi connectivity index (χ3v) is 3.45. The molecule has 0 aromatic rings. The molecule has 0 bridgehead atoms. The lowest BCUT2D eigenvalue weighted by Crippen LogP contribution is -2.48. The molecule has 0 aliphatic carbocycles. The minimum atomic E-state index is 0.604. The van der Waals surface area contributed by atoms with Crippen LogP contribution in [0.15, 0.2) is 0 Å². The van der Waals surface area contributed by atoms with Crippen LogP contribution in [-0.4, -0.2) is 43.7 Å². The molecule has 14 heavy (non-hydrogen) atoms. The van der Waals surface area contributed by atoms with Crippen molar-refractivity contribution in [1.29, 1.82) is 0 Å². The second-order valence-electron chi connectivity index (χ2n) is 4.11. The smallest absolute Gasteiger partial charge is 0.0247 e. The van der Waals surface area contributed by atoms with Gasteiger partial charge in [-0.2, -0.15) is 0 Å². The van der Waals surface area contributed by atoms with Gasteiger partial charge in [0.1, 0.15) is 0 Å². The van der Waals surface area contributed by atoms with Gasteiger partial charge in [-0.1, -0.05) is 13.8 Å². The van der Waals surface area contributed by atoms with E-state index >= 15 is 0 Å². The fraction of sp³-hybridized carbons (Fsp3) is 1.00. The Balaban J connectivity index is 2.49. The maximum atomic E-state index is 5.89. The monoisotopic (exact) mass is 199 g/mol. The molecular formula is C11H25N3. The van der Waals surface area contributed by atoms with Gasteiger partial charge in [0.15, 0.2) is 0 Å². The molecule has 3 heteroatoms. The summed E-state index contributed by atoms with van der Waals surface area (Å²) in [6.07, 6.45) is 2.58. The number of hydrogen-bond acceptors (Lipinski definition) is 3. The van der Waals surface area contributed by atoms with E-state index in [9.17, 15) is 0 Å². The Morgan fingerprint density at radius 1 is 1.29 bits per heavy atom. The Morgan fingerprint density at radius 3 is 2.29 bits per heavy atom. The number of likely N-dealkylation sites (N-methyl/N-ethyl adjacent to an activating group) is 1. The van der Waals surface area contributed by atoms with Crippen molar-refractivity contribution >= 4 is 0 Å². The van der Waals surface area contributed by atoms with Gasteiger partial charge in [0.25, 0.3) is 0 Å². The molecule has 1 atom stereocenters. The van der Waals surface area contributed by atoms with Crippen molar-refractivity contribution in [3.05, 3.63) is 0 Å². The lowest BCUT2D eigenvalue weighted by molar-refractivity contribution is 0.138. The Kier molecular flexibility index (Phi) is 5.45. The van der Waals surface area contributed by atoms with Gasteiger partial charge in [0.05, 0.1) is 0 Å². The van der Waals surface area contributed by atoms with Crippen molar-refractivity contribution in [2.24, 2.45) is 11.7 Å². The first-order valence-corrected chi connectivity index (χ1v) is 5.98. The second-order valence-corrected chi connectivity index (χ2v) is 4.11. The first-order valence-electron chi connectivity index (χ1n) is 5.98. The van der Waals surface area contributed by atoms with Gasteiger partial charge in [-0.3, -0.25) is 4.90 Å². The van der Waals surface area contributed by atoms with Gasteiger partial charge in [-0.05, 0) is 44.9 Å². The van der Waals surface area contributed by atoms with E-state index in [1.165, 1.54) is 25.9 Å². The molecule has 1 aliphatic heterocycles. The minimum Gasteiger partial charge on any atom is -0.329 e. The van der Waals surface area contributed by atoms with E-state index in [4.69, 9.17) is 5.73 Å². The highest BCUT2D eigenvalue weighted by molar-refractivity contribution is 4.82. The van der Waals surface area contributed by atoms with Gasteiger partial charge >= 0.3 is 0 Å². The second kappa shape index (κ2) is 6.38. The van der Waals surface area contributed by atoms with Crippen LogP contribution in [0.1, 0.15) is 26.7 Å². The molecule has 0 saturated carbocycles. The number of nitrogens with zero attached hydrogens (tertiary/aromatic N) is 1. The zero-order valence-corrected chi connectivity index (χ0v) is 9.63. The molecule has 1 unspecified atom stereocenters. The Bertz CT molecular complexity index is 139. The number of piperidine rings is 1. The average Bonchev–Trinajstić information content (AvgIpc) is 2.27. The highest BCUT2D eigenvalue weighted by Gasteiger charge is 2.25. The van der Waals surface area contributed by atoms with Gasteiger partial charge in [-0.25, -0.2) is 0 Å². The van der Waals surface area contributed by atoms with Crippen LogP contribution < -0.4 is 11.1 Å². The topological polar surface area (TPSA) is 41.3 Å². The number of hydrogen-bond donors (Lipinski definition) is 2. The molecule has 0 amide bonds. The van der Waals surface area contributed by atoms with E-state index < -0.39 is 0 Å². The van der Waals surface area contributed by atoms with Crippen molar-refractivity contribution in [2.45, 2.75) is 32.7 Å². The summed E-state index contributed by atoms with van der Waals surface area (Å²) in [6, 6.07) is 0.604. The molecule has 0 aromatic heterocycles. The molecule has 84 valence electrons. The summed E-state index contributed by atoms with van der Waals surface area (Å²) in [7, 11) is 0. The normalized spacial score (nSPS) is 21.4. The molecule has 1 rings (SSSR count). The summed E-state index contributed by atoms with van der Waals surface area (Å²) in [4.78, 5) is 2.51. The summed E-state index contributed by atoms with van der Waals surface area (Å²) in [5.41, 5.74) is 5.89. The van der Waals surface area contributed by atoms with Crippen LogP contribution >= 0.6 is 0 Å². The van der Waals surface area contributed by atoms with E-state index in [-0.39, 0.29) is 0 Å². The molecule has 1 fully saturated rings. The zero-order chi connectivity index (χ0) is 10.4. The highest BCUT2D eigenvalue weighted by atomic mass is 15.2. The predicted molar refractivity (Wildman–Crippen MR) is 61.4 cm³/mol. The van der Waals surface area contributed by atoms with Crippen molar-refractivity contribution in [2.75, 3.05) is 32.7 Å². The number of nitrogens with two attached hydrogens (primary N) is 1. The van der Waals surface area contributed by atoms with Gasteiger partial charge in [0.2, 0.25) is 0 Å². The number of rotatable bonds is 5. The van der Waals surface area contributed by atoms with Crippen LogP contribution in [-0.2, 0) is 0 Å². The van der Waals surface area contributed by atoms with E-state index in [0.717, 1.165) is 25.6 Å². The fourth-order valence-electron chi connectivity index (χ4n) is 2.56. The van der Waals surface area contributed by atoms with E-state index in [0.29, 0.717) is 6.04 Å². The van der Waals surface area contributed by atoms with Crippen molar-refractivity contribution in [3.8, 4) is 0 Å². The molecule has 1 aliphatic rings. The molecule has 1 heterocycles. The maximum Gasteiger partial charge on any atom is 0.0247 e. The third kappa shape index (κ3) is 2.94. The van der Waals surface area contributed by atoms with E-state index in [2.05, 4.69) is 24.1 Å². The standard InChI is InChI=1S/C11H25N3/c1-3-14(4-2)11(9-12)10-5-7-13-8-6-10/h10-11,13H,3-9,12H2,1-2H3. The highest BCUT2D eigenvalue weighted by Crippen LogP contribution is 2.20. The zero-order valence-electron chi connectivity index (χ0n) is 9.63. The van der Waals surface area contributed by atoms with Gasteiger partial charge in [-0.15, -0.1) is 0 Å². The summed E-state index contributed by atoms with van der Waals surface area (Å²) >= 11 is 0. The maximum absolute atomic E-state index is 5.89. The average molecular weight is 199 g/mol. The fourth-order valence-corrected chi connectivity index (χ4v) is 2.56. The molecule has 3 N–H and O–H groups in total. The summed E-state index contributed by atoms with van der Waals surface area (Å²) < 4.78 is 0. The quantitative estimate of drug-likeness (QED) is 0.683. The Labute approximate surface area is 88.0 Å². The van der Waals surface area contributed by atoms with Gasteiger partial charge in [0, 0.05) is 12.6 Å². The van der Waals surface area contributed by atoms with Crippen molar-refractivity contribution in [3.63, 3.8) is 0 Å². The van der Waals surface area contributed by atoms with Crippen molar-refractivity contribution < 1.29 is 0 Å². The van der Waals surface area contributed by atoms with Crippen LogP contribution in [0.5, 0.6) is 0 Å². The first kappa shape index (κ1) is 12.0. The third-order valence-electron chi connectivity index (χ3n) is 3.45. The first-order chi connectivity index (χ1) is 6.83. The Hall–Kier alpha value is -0.120. The SMILES string of the molecule is CCN(CC)C(CN)C1CCNCC1. The minimum absolute atomic E-state index is 0.604. The van der Waals surface area contributed by atoms with Crippen LogP contribution in [0.2, 0.25) is 0 Å². The van der Waals surface area contributed by atoms with Crippen LogP contribution in [0.25, 0.3) is 0 Å². The predicted octanol–water partition coefficient (Wildman–Crippen LogP) is 0.655. The van der Waals surface area contributed by atoms with E-state index in [1.807, 2.05) is 0 Å². The van der Waals surface area contributed by atoms with Crippen LogP contribution in [0.3, 0.4) is 0 Å². The molecule has 3 nitrogen and oxygen atoms in total. The summed E-state index contributed by atoms with van der Waals surface area (Å²) in [5.74, 6) is 0.807. The lowest BCUT2D eigenvalue weighted by atomic mass is 9.89. The molecular weight excluding hydrogens is 174 g/mol. The molecule has 0 spiro atoms. The van der Waals surface area contributed by atoms with Crippen LogP contribution in [0.4, 0.5) is 0 Å². The van der Waals surface area contributed by atoms with Gasteiger partial charge < -0.3 is 11.1 Å².